The van der Waals surface area contributed by atoms with Crippen molar-refractivity contribution in [2.75, 3.05) is 6.61 Å². The number of carbonyl (C=O) groups excluding carboxylic acids is 1. The zero-order valence-corrected chi connectivity index (χ0v) is 18.2. The summed E-state index contributed by atoms with van der Waals surface area (Å²) < 4.78 is 17.9. The maximum atomic E-state index is 11.9. The summed E-state index contributed by atoms with van der Waals surface area (Å²) in [6.07, 6.45) is 0. The molecule has 0 aliphatic rings. The fraction of sp³-hybridized carbons (Fsp3) is 0.250. The van der Waals surface area contributed by atoms with Gasteiger partial charge in [-0.05, 0) is 69.0 Å². The molecule has 1 N–H and O–H groups in total. The molecule has 142 valence electrons. The molecule has 0 bridgehead atoms. The van der Waals surface area contributed by atoms with E-state index in [0.717, 1.165) is 5.56 Å². The Labute approximate surface area is 173 Å². The van der Waals surface area contributed by atoms with Gasteiger partial charge in [0.1, 0.15) is 17.1 Å². The topological polar surface area (TPSA) is 68.9 Å². The van der Waals surface area contributed by atoms with Gasteiger partial charge in [0.2, 0.25) is 5.76 Å². The lowest BCUT2D eigenvalue weighted by molar-refractivity contribution is 0.0492. The number of fused-ring (bicyclic) bond motifs is 1. The van der Waals surface area contributed by atoms with Crippen molar-refractivity contribution in [1.29, 1.82) is 0 Å². The van der Waals surface area contributed by atoms with Gasteiger partial charge in [0.05, 0.1) is 15.6 Å². The normalized spacial score (nSPS) is 11.2. The fourth-order valence-electron chi connectivity index (χ4n) is 2.66. The second-order valence-electron chi connectivity index (χ2n) is 6.22. The summed E-state index contributed by atoms with van der Waals surface area (Å²) >= 11 is 7.02. The minimum absolute atomic E-state index is 0.128. The van der Waals surface area contributed by atoms with Crippen LogP contribution in [-0.2, 0) is 4.74 Å². The first-order chi connectivity index (χ1) is 12.8. The van der Waals surface area contributed by atoms with Gasteiger partial charge in [0, 0.05) is 17.0 Å². The van der Waals surface area contributed by atoms with Crippen LogP contribution in [0, 0.1) is 0 Å². The highest BCUT2D eigenvalue weighted by Gasteiger charge is 2.20. The molecule has 0 aliphatic carbocycles. The molecule has 0 saturated carbocycles. The monoisotopic (exact) mass is 496 g/mol. The highest BCUT2D eigenvalue weighted by Crippen LogP contribution is 2.43. The van der Waals surface area contributed by atoms with Crippen LogP contribution in [0.4, 0.5) is 0 Å². The van der Waals surface area contributed by atoms with E-state index in [1.54, 1.807) is 31.2 Å². The highest BCUT2D eigenvalue weighted by molar-refractivity contribution is 9.11. The lowest BCUT2D eigenvalue weighted by atomic mass is 10.0. The fourth-order valence-corrected chi connectivity index (χ4v) is 4.02. The Bertz CT molecular complexity index is 1010. The maximum absolute atomic E-state index is 11.9. The molecule has 0 saturated heterocycles. The van der Waals surface area contributed by atoms with Crippen LogP contribution in [0.15, 0.2) is 43.7 Å². The number of furan rings is 1. The van der Waals surface area contributed by atoms with Crippen molar-refractivity contribution in [3.05, 3.63) is 50.6 Å². The van der Waals surface area contributed by atoms with Gasteiger partial charge in [-0.3, -0.25) is 0 Å². The van der Waals surface area contributed by atoms with Gasteiger partial charge in [0.25, 0.3) is 0 Å². The van der Waals surface area contributed by atoms with E-state index >= 15 is 0 Å². The van der Waals surface area contributed by atoms with Crippen LogP contribution < -0.4 is 4.74 Å². The molecule has 3 rings (SSSR count). The molecular formula is C20H18Br2O5. The van der Waals surface area contributed by atoms with Crippen molar-refractivity contribution in [2.24, 2.45) is 0 Å². The Balaban J connectivity index is 2.02. The Morgan fingerprint density at radius 3 is 2.63 bits per heavy atom. The van der Waals surface area contributed by atoms with Crippen LogP contribution in [-0.4, -0.2) is 17.7 Å². The molecule has 0 fully saturated rings. The smallest absolute Gasteiger partial charge is 0.374 e. The van der Waals surface area contributed by atoms with Crippen molar-refractivity contribution in [1.82, 2.24) is 0 Å². The number of ether oxygens (including phenoxy) is 2. The molecule has 0 radical (unpaired) electrons. The molecular weight excluding hydrogens is 480 g/mol. The van der Waals surface area contributed by atoms with E-state index in [9.17, 15) is 9.90 Å². The van der Waals surface area contributed by atoms with Crippen LogP contribution >= 0.6 is 31.9 Å². The molecule has 0 unspecified atom stereocenters. The number of benzene rings is 2. The first kappa shape index (κ1) is 19.8. The van der Waals surface area contributed by atoms with E-state index in [0.29, 0.717) is 31.4 Å². The van der Waals surface area contributed by atoms with Gasteiger partial charge in [-0.1, -0.05) is 13.8 Å². The standard InChI is InChI=1S/C20H18Br2O5/c1-4-25-20(24)17-8-13-16(27-17)9-14(21)19(18(13)22)26-11-5-6-15(23)12(7-11)10(2)3/h5-10,23H,4H2,1-3H3. The average molecular weight is 498 g/mol. The summed E-state index contributed by atoms with van der Waals surface area (Å²) in [6.45, 7) is 6.01. The lowest BCUT2D eigenvalue weighted by Gasteiger charge is -2.14. The zero-order chi connectivity index (χ0) is 19.7. The van der Waals surface area contributed by atoms with Gasteiger partial charge in [-0.15, -0.1) is 0 Å². The number of aromatic hydroxyl groups is 1. The van der Waals surface area contributed by atoms with Crippen molar-refractivity contribution in [3.63, 3.8) is 0 Å². The number of carbonyl (C=O) groups is 1. The van der Waals surface area contributed by atoms with Crippen molar-refractivity contribution < 1.29 is 23.8 Å². The molecule has 0 spiro atoms. The molecule has 27 heavy (non-hydrogen) atoms. The molecule has 1 aromatic heterocycles. The van der Waals surface area contributed by atoms with E-state index in [2.05, 4.69) is 31.9 Å². The highest BCUT2D eigenvalue weighted by atomic mass is 79.9. The quantitative estimate of drug-likeness (QED) is 0.394. The minimum Gasteiger partial charge on any atom is -0.508 e. The minimum atomic E-state index is -0.515. The van der Waals surface area contributed by atoms with Crippen LogP contribution in [0.3, 0.4) is 0 Å². The maximum Gasteiger partial charge on any atom is 0.374 e. The molecule has 0 amide bonds. The lowest BCUT2D eigenvalue weighted by Crippen LogP contribution is -2.02. The zero-order valence-electron chi connectivity index (χ0n) is 15.0. The molecule has 5 nitrogen and oxygen atoms in total. The third kappa shape index (κ3) is 3.99. The number of halogens is 2. The van der Waals surface area contributed by atoms with E-state index < -0.39 is 5.97 Å². The summed E-state index contributed by atoms with van der Waals surface area (Å²) in [6, 6.07) is 8.48. The summed E-state index contributed by atoms with van der Waals surface area (Å²) in [5, 5.41) is 10.7. The first-order valence-corrected chi connectivity index (χ1v) is 9.99. The van der Waals surface area contributed by atoms with Crippen molar-refractivity contribution in [3.8, 4) is 17.2 Å². The summed E-state index contributed by atoms with van der Waals surface area (Å²) in [4.78, 5) is 11.9. The molecule has 0 atom stereocenters. The van der Waals surface area contributed by atoms with Gasteiger partial charge >= 0.3 is 5.97 Å². The van der Waals surface area contributed by atoms with Gasteiger partial charge in [-0.25, -0.2) is 4.79 Å². The van der Waals surface area contributed by atoms with Crippen LogP contribution in [0.5, 0.6) is 17.2 Å². The van der Waals surface area contributed by atoms with E-state index in [1.165, 1.54) is 0 Å². The van der Waals surface area contributed by atoms with Crippen molar-refractivity contribution >= 4 is 48.8 Å². The van der Waals surface area contributed by atoms with Crippen LogP contribution in [0.25, 0.3) is 11.0 Å². The number of hydrogen-bond donors (Lipinski definition) is 1. The second-order valence-corrected chi connectivity index (χ2v) is 7.87. The Hall–Kier alpha value is -1.99. The summed E-state index contributed by atoms with van der Waals surface area (Å²) in [7, 11) is 0. The van der Waals surface area contributed by atoms with E-state index in [4.69, 9.17) is 13.9 Å². The first-order valence-electron chi connectivity index (χ1n) is 8.41. The number of rotatable bonds is 5. The largest absolute Gasteiger partial charge is 0.508 e. The number of hydrogen-bond acceptors (Lipinski definition) is 5. The molecule has 1 heterocycles. The SMILES string of the molecule is CCOC(=O)c1cc2c(Br)c(Oc3ccc(O)c(C(C)C)c3)c(Br)cc2o1. The van der Waals surface area contributed by atoms with Crippen molar-refractivity contribution in [2.45, 2.75) is 26.7 Å². The average Bonchev–Trinajstić information content (AvgIpc) is 3.04. The Kier molecular flexibility index (Phi) is 5.81. The van der Waals surface area contributed by atoms with E-state index in [-0.39, 0.29) is 24.0 Å². The molecule has 7 heteroatoms. The number of phenols is 1. The predicted molar refractivity (Wildman–Crippen MR) is 110 cm³/mol. The molecule has 0 aliphatic heterocycles. The van der Waals surface area contributed by atoms with Gasteiger partial charge in [0.15, 0.2) is 5.75 Å². The number of phenolic OH excluding ortho intramolecular Hbond substituents is 1. The third-order valence-corrected chi connectivity index (χ3v) is 5.37. The predicted octanol–water partition coefficient (Wildman–Crippen LogP) is 6.76. The Morgan fingerprint density at radius 2 is 1.96 bits per heavy atom. The summed E-state index contributed by atoms with van der Waals surface area (Å²) in [5.41, 5.74) is 1.33. The third-order valence-electron chi connectivity index (χ3n) is 3.99. The number of esters is 1. The van der Waals surface area contributed by atoms with Crippen LogP contribution in [0.2, 0.25) is 0 Å². The second kappa shape index (κ2) is 7.94. The van der Waals surface area contributed by atoms with E-state index in [1.807, 2.05) is 19.9 Å². The molecule has 2 aromatic carbocycles. The Morgan fingerprint density at radius 1 is 1.22 bits per heavy atom. The van der Waals surface area contributed by atoms with Crippen LogP contribution in [0.1, 0.15) is 42.8 Å². The van der Waals surface area contributed by atoms with Gasteiger partial charge in [-0.2, -0.15) is 0 Å². The molecule has 3 aromatic rings. The summed E-state index contributed by atoms with van der Waals surface area (Å²) in [5.74, 6) is 1.14. The van der Waals surface area contributed by atoms with Gasteiger partial charge < -0.3 is 19.0 Å².